The average Bonchev–Trinajstić information content (AvgIpc) is 2.69. The third kappa shape index (κ3) is 7.03. The summed E-state index contributed by atoms with van der Waals surface area (Å²) in [5.74, 6) is 0. The average molecular weight is 375 g/mol. The van der Waals surface area contributed by atoms with E-state index < -0.39 is 11.8 Å². The Morgan fingerprint density at radius 3 is 2.00 bits per heavy atom. The maximum Gasteiger partial charge on any atom is 0.141 e. The van der Waals surface area contributed by atoms with E-state index in [1.54, 1.807) is 13.8 Å². The largest absolute Gasteiger partial charge is 0.394 e. The van der Waals surface area contributed by atoms with E-state index in [2.05, 4.69) is 5.32 Å². The molecule has 0 fully saturated rings. The van der Waals surface area contributed by atoms with Crippen LogP contribution in [0.2, 0.25) is 0 Å². The lowest BCUT2D eigenvalue weighted by Gasteiger charge is -2.31. The first kappa shape index (κ1) is 21.5. The topological polar surface area (TPSA) is 50.7 Å². The van der Waals surface area contributed by atoms with Crippen molar-refractivity contribution >= 4 is 0 Å². The predicted molar refractivity (Wildman–Crippen MR) is 106 cm³/mol. The van der Waals surface area contributed by atoms with Crippen LogP contribution in [0.4, 0.5) is 4.39 Å². The quantitative estimate of drug-likeness (QED) is 0.558. The first-order valence-corrected chi connectivity index (χ1v) is 9.34. The van der Waals surface area contributed by atoms with Gasteiger partial charge in [0, 0.05) is 6.54 Å². The Morgan fingerprint density at radius 2 is 1.48 bits per heavy atom. The van der Waals surface area contributed by atoms with Crippen LogP contribution in [-0.2, 0) is 9.47 Å². The molecule has 0 aromatic heterocycles. The molecule has 0 bridgehead atoms. The molecule has 2 aromatic rings. The second-order valence-corrected chi connectivity index (χ2v) is 6.92. The summed E-state index contributed by atoms with van der Waals surface area (Å²) in [5, 5.41) is 12.0. The molecule has 0 spiro atoms. The van der Waals surface area contributed by atoms with Gasteiger partial charge in [-0.2, -0.15) is 0 Å². The molecule has 2 rings (SSSR count). The Balaban J connectivity index is 1.95. The summed E-state index contributed by atoms with van der Waals surface area (Å²) in [6, 6.07) is 20.0. The van der Waals surface area contributed by atoms with Crippen LogP contribution >= 0.6 is 0 Å². The molecule has 0 saturated carbocycles. The zero-order chi connectivity index (χ0) is 19.5. The lowest BCUT2D eigenvalue weighted by atomic mass is 9.97. The highest BCUT2D eigenvalue weighted by Gasteiger charge is 2.31. The Bertz CT molecular complexity index is 597. The molecule has 0 aliphatic carbocycles. The number of ether oxygens (including phenoxy) is 2. The zero-order valence-corrected chi connectivity index (χ0v) is 16.1. The molecule has 5 heteroatoms. The van der Waals surface area contributed by atoms with Crippen LogP contribution < -0.4 is 5.32 Å². The van der Waals surface area contributed by atoms with Crippen LogP contribution in [0.3, 0.4) is 0 Å². The molecule has 0 aliphatic heterocycles. The van der Waals surface area contributed by atoms with Crippen molar-refractivity contribution in [2.24, 2.45) is 0 Å². The van der Waals surface area contributed by atoms with Crippen LogP contribution in [0.15, 0.2) is 60.7 Å². The minimum atomic E-state index is -1.19. The van der Waals surface area contributed by atoms with E-state index in [4.69, 9.17) is 14.6 Å². The molecule has 0 radical (unpaired) electrons. The van der Waals surface area contributed by atoms with Gasteiger partial charge in [-0.25, -0.2) is 4.39 Å². The fourth-order valence-electron chi connectivity index (χ4n) is 2.81. The van der Waals surface area contributed by atoms with E-state index in [-0.39, 0.29) is 32.4 Å². The van der Waals surface area contributed by atoms with Gasteiger partial charge in [0.2, 0.25) is 0 Å². The Labute approximate surface area is 161 Å². The monoisotopic (exact) mass is 375 g/mol. The fraction of sp³-hybridized carbons (Fsp3) is 0.455. The molecule has 0 saturated heterocycles. The van der Waals surface area contributed by atoms with Gasteiger partial charge in [-0.3, -0.25) is 0 Å². The molecule has 4 nitrogen and oxygen atoms in total. The van der Waals surface area contributed by atoms with Gasteiger partial charge in [0.05, 0.1) is 38.1 Å². The number of hydrogen-bond donors (Lipinski definition) is 2. The van der Waals surface area contributed by atoms with Crippen LogP contribution in [-0.4, -0.2) is 49.9 Å². The number of alkyl halides is 1. The number of aliphatic hydroxyl groups is 1. The normalized spacial score (nSPS) is 13.1. The van der Waals surface area contributed by atoms with Crippen molar-refractivity contribution in [2.45, 2.75) is 31.7 Å². The SMILES string of the molecule is CC(C)(OCCOCCO)C(F)CNC(c1ccccc1)c1ccccc1. The molecule has 148 valence electrons. The van der Waals surface area contributed by atoms with Gasteiger partial charge in [-0.15, -0.1) is 0 Å². The van der Waals surface area contributed by atoms with Crippen LogP contribution in [0.1, 0.15) is 31.0 Å². The summed E-state index contributed by atoms with van der Waals surface area (Å²) in [5.41, 5.74) is 1.24. The van der Waals surface area contributed by atoms with Gasteiger partial charge in [0.15, 0.2) is 0 Å². The number of rotatable bonds is 12. The summed E-state index contributed by atoms with van der Waals surface area (Å²) in [7, 11) is 0. The van der Waals surface area contributed by atoms with Gasteiger partial charge < -0.3 is 19.9 Å². The van der Waals surface area contributed by atoms with Gasteiger partial charge in [0.25, 0.3) is 0 Å². The smallest absolute Gasteiger partial charge is 0.141 e. The lowest BCUT2D eigenvalue weighted by molar-refractivity contribution is -0.0885. The molecular formula is C22H30FNO3. The van der Waals surface area contributed by atoms with E-state index in [9.17, 15) is 4.39 Å². The van der Waals surface area contributed by atoms with Crippen LogP contribution in [0.5, 0.6) is 0 Å². The number of halogens is 1. The zero-order valence-electron chi connectivity index (χ0n) is 16.1. The van der Waals surface area contributed by atoms with Gasteiger partial charge in [-0.1, -0.05) is 60.7 Å². The minimum absolute atomic E-state index is 0.0284. The second kappa shape index (κ2) is 11.1. The molecule has 0 heterocycles. The van der Waals surface area contributed by atoms with E-state index in [0.29, 0.717) is 6.61 Å². The van der Waals surface area contributed by atoms with Crippen molar-refractivity contribution in [3.05, 3.63) is 71.8 Å². The van der Waals surface area contributed by atoms with Crippen molar-refractivity contribution < 1.29 is 19.0 Å². The number of benzene rings is 2. The van der Waals surface area contributed by atoms with Crippen molar-refractivity contribution in [3.63, 3.8) is 0 Å². The molecule has 1 unspecified atom stereocenters. The van der Waals surface area contributed by atoms with Crippen molar-refractivity contribution in [1.82, 2.24) is 5.32 Å². The Morgan fingerprint density at radius 1 is 0.926 bits per heavy atom. The highest BCUT2D eigenvalue weighted by atomic mass is 19.1. The third-order valence-corrected chi connectivity index (χ3v) is 4.46. The summed E-state index contributed by atoms with van der Waals surface area (Å²) in [6.07, 6.45) is -1.19. The molecule has 0 amide bonds. The molecule has 2 aromatic carbocycles. The third-order valence-electron chi connectivity index (χ3n) is 4.46. The van der Waals surface area contributed by atoms with Gasteiger partial charge >= 0.3 is 0 Å². The first-order valence-electron chi connectivity index (χ1n) is 9.34. The van der Waals surface area contributed by atoms with E-state index in [1.165, 1.54) is 0 Å². The van der Waals surface area contributed by atoms with Crippen molar-refractivity contribution in [3.8, 4) is 0 Å². The Kier molecular flexibility index (Phi) is 8.88. The molecular weight excluding hydrogens is 345 g/mol. The highest BCUT2D eigenvalue weighted by molar-refractivity contribution is 5.31. The number of nitrogens with one attached hydrogen (secondary N) is 1. The number of aliphatic hydroxyl groups excluding tert-OH is 1. The second-order valence-electron chi connectivity index (χ2n) is 6.92. The van der Waals surface area contributed by atoms with Crippen molar-refractivity contribution in [1.29, 1.82) is 0 Å². The maximum atomic E-state index is 14.9. The molecule has 2 N–H and O–H groups in total. The lowest BCUT2D eigenvalue weighted by Crippen LogP contribution is -2.44. The molecule has 0 aliphatic rings. The Hall–Kier alpha value is -1.79. The van der Waals surface area contributed by atoms with Gasteiger partial charge in [-0.05, 0) is 25.0 Å². The number of hydrogen-bond acceptors (Lipinski definition) is 4. The summed E-state index contributed by atoms with van der Waals surface area (Å²) >= 11 is 0. The van der Waals surface area contributed by atoms with Crippen molar-refractivity contribution in [2.75, 3.05) is 33.0 Å². The van der Waals surface area contributed by atoms with Crippen LogP contribution in [0, 0.1) is 0 Å². The van der Waals surface area contributed by atoms with E-state index >= 15 is 0 Å². The predicted octanol–water partition coefficient (Wildman–Crippen LogP) is 3.51. The van der Waals surface area contributed by atoms with Crippen LogP contribution in [0.25, 0.3) is 0 Å². The highest BCUT2D eigenvalue weighted by Crippen LogP contribution is 2.24. The molecule has 27 heavy (non-hydrogen) atoms. The first-order chi connectivity index (χ1) is 13.0. The van der Waals surface area contributed by atoms with E-state index in [1.807, 2.05) is 60.7 Å². The summed E-state index contributed by atoms with van der Waals surface area (Å²) in [4.78, 5) is 0. The van der Waals surface area contributed by atoms with E-state index in [0.717, 1.165) is 11.1 Å². The van der Waals surface area contributed by atoms with Gasteiger partial charge in [0.1, 0.15) is 6.17 Å². The molecule has 1 atom stereocenters. The summed E-state index contributed by atoms with van der Waals surface area (Å²) < 4.78 is 25.7. The standard InChI is InChI=1S/C22H30FNO3/c1-22(2,27-16-15-26-14-13-25)20(23)17-24-21(18-9-5-3-6-10-18)19-11-7-4-8-12-19/h3-12,20-21,24-25H,13-17H2,1-2H3. The minimum Gasteiger partial charge on any atom is -0.394 e. The summed E-state index contributed by atoms with van der Waals surface area (Å²) in [6.45, 7) is 4.50. The fourth-order valence-corrected chi connectivity index (χ4v) is 2.81. The maximum absolute atomic E-state index is 14.9.